The van der Waals surface area contributed by atoms with E-state index in [1.807, 2.05) is 12.1 Å². The van der Waals surface area contributed by atoms with Gasteiger partial charge in [0.1, 0.15) is 11.9 Å². The van der Waals surface area contributed by atoms with Gasteiger partial charge in [0.15, 0.2) is 0 Å². The maximum Gasteiger partial charge on any atom is 0.137 e. The SMILES string of the molecule is N#Cc1ccccc1COC1CN(C(=O)[O-])CCC1c1ccc(F)cc1. The first-order valence-corrected chi connectivity index (χ1v) is 8.39. The quantitative estimate of drug-likeness (QED) is 0.846. The number of carbonyl (C=O) groups is 1. The highest BCUT2D eigenvalue weighted by Gasteiger charge is 2.31. The Morgan fingerprint density at radius 3 is 2.69 bits per heavy atom. The molecule has 5 nitrogen and oxygen atoms in total. The molecule has 0 spiro atoms. The van der Waals surface area contributed by atoms with E-state index in [0.29, 0.717) is 18.5 Å². The van der Waals surface area contributed by atoms with E-state index in [0.717, 1.165) is 11.1 Å². The predicted molar refractivity (Wildman–Crippen MR) is 90.5 cm³/mol. The molecule has 2 atom stereocenters. The number of benzene rings is 2. The van der Waals surface area contributed by atoms with Crippen molar-refractivity contribution in [2.75, 3.05) is 13.1 Å². The molecule has 26 heavy (non-hydrogen) atoms. The summed E-state index contributed by atoms with van der Waals surface area (Å²) in [4.78, 5) is 12.5. The van der Waals surface area contributed by atoms with E-state index in [9.17, 15) is 19.6 Å². The molecule has 3 rings (SSSR count). The second kappa shape index (κ2) is 7.98. The Bertz CT molecular complexity index is 817. The van der Waals surface area contributed by atoms with Gasteiger partial charge in [0, 0.05) is 19.0 Å². The van der Waals surface area contributed by atoms with Crippen LogP contribution in [0.4, 0.5) is 9.18 Å². The van der Waals surface area contributed by atoms with Crippen molar-refractivity contribution in [3.8, 4) is 6.07 Å². The Hall–Kier alpha value is -2.91. The maximum atomic E-state index is 13.2. The van der Waals surface area contributed by atoms with Gasteiger partial charge in [-0.25, -0.2) is 4.39 Å². The van der Waals surface area contributed by atoms with Crippen LogP contribution in [-0.4, -0.2) is 30.2 Å². The zero-order valence-electron chi connectivity index (χ0n) is 14.1. The van der Waals surface area contributed by atoms with Crippen molar-refractivity contribution < 1.29 is 19.0 Å². The standard InChI is InChI=1S/C20H19FN2O3/c21-17-7-5-14(6-8-17)18-9-10-23(20(24)25)12-19(18)26-13-16-4-2-1-3-15(16)11-22/h1-8,18-19H,9-10,12-13H2,(H,24,25)/p-1. The molecule has 0 bridgehead atoms. The lowest BCUT2D eigenvalue weighted by molar-refractivity contribution is -0.268. The third-order valence-corrected chi connectivity index (χ3v) is 4.71. The first-order chi connectivity index (χ1) is 12.6. The van der Waals surface area contributed by atoms with Gasteiger partial charge in [0.05, 0.1) is 24.3 Å². The largest absolute Gasteiger partial charge is 0.530 e. The monoisotopic (exact) mass is 353 g/mol. The zero-order valence-corrected chi connectivity index (χ0v) is 14.1. The third-order valence-electron chi connectivity index (χ3n) is 4.71. The molecule has 1 heterocycles. The van der Waals surface area contributed by atoms with Gasteiger partial charge >= 0.3 is 0 Å². The molecule has 1 aliphatic heterocycles. The number of carbonyl (C=O) groups excluding carboxylic acids is 1. The Balaban J connectivity index is 1.79. The molecule has 0 saturated carbocycles. The van der Waals surface area contributed by atoms with E-state index in [-0.39, 0.29) is 24.9 Å². The number of carboxylic acid groups (broad SMARTS) is 1. The van der Waals surface area contributed by atoms with Gasteiger partial charge in [0.2, 0.25) is 0 Å². The highest BCUT2D eigenvalue weighted by atomic mass is 19.1. The first kappa shape index (κ1) is 17.9. The number of hydrogen-bond donors (Lipinski definition) is 0. The Labute approximate surface area is 151 Å². The van der Waals surface area contributed by atoms with Crippen molar-refractivity contribution in [3.05, 3.63) is 71.0 Å². The second-order valence-corrected chi connectivity index (χ2v) is 6.28. The molecule has 6 heteroatoms. The van der Waals surface area contributed by atoms with Crippen LogP contribution < -0.4 is 5.11 Å². The van der Waals surface area contributed by atoms with Crippen LogP contribution in [0.25, 0.3) is 0 Å². The summed E-state index contributed by atoms with van der Waals surface area (Å²) in [5.74, 6) is -0.373. The van der Waals surface area contributed by atoms with E-state index in [4.69, 9.17) is 4.74 Å². The predicted octanol–water partition coefficient (Wildman–Crippen LogP) is 2.42. The van der Waals surface area contributed by atoms with E-state index in [1.165, 1.54) is 17.0 Å². The number of halogens is 1. The molecule has 1 fully saturated rings. The summed E-state index contributed by atoms with van der Waals surface area (Å²) < 4.78 is 19.2. The summed E-state index contributed by atoms with van der Waals surface area (Å²) in [5, 5.41) is 20.4. The average Bonchev–Trinajstić information content (AvgIpc) is 2.67. The number of ether oxygens (including phenoxy) is 1. The summed E-state index contributed by atoms with van der Waals surface area (Å²) in [6.07, 6.45) is -1.07. The fraction of sp³-hybridized carbons (Fsp3) is 0.300. The number of hydrogen-bond acceptors (Lipinski definition) is 4. The smallest absolute Gasteiger partial charge is 0.137 e. The van der Waals surface area contributed by atoms with Crippen LogP contribution >= 0.6 is 0 Å². The Kier molecular flexibility index (Phi) is 5.49. The summed E-state index contributed by atoms with van der Waals surface area (Å²) in [6, 6.07) is 15.4. The van der Waals surface area contributed by atoms with Crippen molar-refractivity contribution >= 4 is 6.09 Å². The van der Waals surface area contributed by atoms with Gasteiger partial charge in [-0.05, 0) is 35.7 Å². The fourth-order valence-corrected chi connectivity index (χ4v) is 3.29. The number of nitrogens with zero attached hydrogens (tertiary/aromatic N) is 2. The van der Waals surface area contributed by atoms with Crippen LogP contribution in [0.1, 0.15) is 29.0 Å². The molecule has 2 aromatic carbocycles. The van der Waals surface area contributed by atoms with Crippen LogP contribution in [0.2, 0.25) is 0 Å². The van der Waals surface area contributed by atoms with Crippen molar-refractivity contribution in [2.24, 2.45) is 0 Å². The average molecular weight is 353 g/mol. The summed E-state index contributed by atoms with van der Waals surface area (Å²) in [5.41, 5.74) is 2.18. The van der Waals surface area contributed by atoms with Crippen LogP contribution in [0, 0.1) is 17.1 Å². The number of amides is 1. The molecule has 2 aromatic rings. The van der Waals surface area contributed by atoms with Gasteiger partial charge in [0.25, 0.3) is 0 Å². The molecule has 0 aliphatic carbocycles. The molecule has 1 saturated heterocycles. The van der Waals surface area contributed by atoms with Gasteiger partial charge in [-0.15, -0.1) is 0 Å². The van der Waals surface area contributed by atoms with Gasteiger partial charge < -0.3 is 19.5 Å². The highest BCUT2D eigenvalue weighted by molar-refractivity contribution is 5.62. The first-order valence-electron chi connectivity index (χ1n) is 8.39. The fourth-order valence-electron chi connectivity index (χ4n) is 3.29. The third kappa shape index (κ3) is 4.01. The normalized spacial score (nSPS) is 19.8. The maximum absolute atomic E-state index is 13.2. The molecule has 0 N–H and O–H groups in total. The molecule has 1 amide bonds. The van der Waals surface area contributed by atoms with Crippen LogP contribution in [0.5, 0.6) is 0 Å². The van der Waals surface area contributed by atoms with E-state index in [1.54, 1.807) is 24.3 Å². The number of nitriles is 1. The van der Waals surface area contributed by atoms with Gasteiger partial charge in [-0.2, -0.15) is 5.26 Å². The molecule has 1 aliphatic rings. The molecule has 0 aromatic heterocycles. The minimum atomic E-state index is -1.23. The van der Waals surface area contributed by atoms with Crippen molar-refractivity contribution in [2.45, 2.75) is 25.0 Å². The van der Waals surface area contributed by atoms with Gasteiger partial charge in [-0.3, -0.25) is 0 Å². The summed E-state index contributed by atoms with van der Waals surface area (Å²) in [6.45, 7) is 0.727. The number of piperidine rings is 1. The summed E-state index contributed by atoms with van der Waals surface area (Å²) in [7, 11) is 0. The lowest BCUT2D eigenvalue weighted by Gasteiger charge is -2.40. The molecule has 2 unspecified atom stereocenters. The van der Waals surface area contributed by atoms with Crippen LogP contribution in [0.15, 0.2) is 48.5 Å². The number of likely N-dealkylation sites (tertiary alicyclic amines) is 1. The van der Waals surface area contributed by atoms with Crippen LogP contribution in [0.3, 0.4) is 0 Å². The molecule has 134 valence electrons. The Morgan fingerprint density at radius 1 is 1.27 bits per heavy atom. The highest BCUT2D eigenvalue weighted by Crippen LogP contribution is 2.31. The molecular weight excluding hydrogens is 335 g/mol. The van der Waals surface area contributed by atoms with E-state index in [2.05, 4.69) is 6.07 Å². The minimum absolute atomic E-state index is 0.0551. The van der Waals surface area contributed by atoms with Crippen LogP contribution in [-0.2, 0) is 11.3 Å². The topological polar surface area (TPSA) is 76.4 Å². The lowest BCUT2D eigenvalue weighted by Crippen LogP contribution is -2.51. The Morgan fingerprint density at radius 2 is 2.00 bits per heavy atom. The zero-order chi connectivity index (χ0) is 18.5. The minimum Gasteiger partial charge on any atom is -0.530 e. The summed E-state index contributed by atoms with van der Waals surface area (Å²) >= 11 is 0. The van der Waals surface area contributed by atoms with Crippen molar-refractivity contribution in [1.82, 2.24) is 4.90 Å². The molecular formula is C20H18FN2O3-. The molecule has 0 radical (unpaired) electrons. The van der Waals surface area contributed by atoms with Crippen molar-refractivity contribution in [3.63, 3.8) is 0 Å². The van der Waals surface area contributed by atoms with Gasteiger partial charge in [-0.1, -0.05) is 30.3 Å². The van der Waals surface area contributed by atoms with E-state index >= 15 is 0 Å². The number of rotatable bonds is 4. The van der Waals surface area contributed by atoms with Crippen molar-refractivity contribution in [1.29, 1.82) is 5.26 Å². The van der Waals surface area contributed by atoms with E-state index < -0.39 is 12.2 Å². The second-order valence-electron chi connectivity index (χ2n) is 6.28. The lowest BCUT2D eigenvalue weighted by atomic mass is 9.87.